The minimum Gasteiger partial charge on any atom is -0.492 e. The lowest BCUT2D eigenvalue weighted by Crippen LogP contribution is -2.48. The fraction of sp³-hybridized carbons (Fsp3) is 0.531. The van der Waals surface area contributed by atoms with Gasteiger partial charge in [-0.05, 0) is 91.3 Å². The second-order valence-electron chi connectivity index (χ2n) is 13.3. The van der Waals surface area contributed by atoms with Crippen LogP contribution in [0.2, 0.25) is 0 Å². The van der Waals surface area contributed by atoms with Gasteiger partial charge in [-0.15, -0.1) is 0 Å². The van der Waals surface area contributed by atoms with Crippen molar-refractivity contribution in [3.8, 4) is 22.9 Å². The third-order valence-electron chi connectivity index (χ3n) is 7.67. The quantitative estimate of drug-likeness (QED) is 0.350. The molecule has 0 aromatic carbocycles. The van der Waals surface area contributed by atoms with Gasteiger partial charge < -0.3 is 19.1 Å². The molecule has 0 radical (unpaired) electrons. The molecule has 0 spiro atoms. The molecule has 2 aliphatic rings. The Morgan fingerprint density at radius 1 is 1.02 bits per heavy atom. The van der Waals surface area contributed by atoms with E-state index >= 15 is 0 Å². The molecule has 1 saturated heterocycles. The molecule has 1 aliphatic heterocycles. The summed E-state index contributed by atoms with van der Waals surface area (Å²) < 4.78 is 18.6. The Kier molecular flexibility index (Phi) is 7.99. The summed E-state index contributed by atoms with van der Waals surface area (Å²) >= 11 is 0. The van der Waals surface area contributed by atoms with E-state index in [0.717, 1.165) is 30.0 Å². The minimum atomic E-state index is -0.731. The van der Waals surface area contributed by atoms with Gasteiger partial charge in [0, 0.05) is 36.5 Å². The van der Waals surface area contributed by atoms with Crippen LogP contribution in [0.1, 0.15) is 66.9 Å². The molecule has 11 heteroatoms. The maximum absolute atomic E-state index is 13.1. The molecule has 3 atom stereocenters. The maximum atomic E-state index is 13.1. The van der Waals surface area contributed by atoms with Crippen LogP contribution in [-0.2, 0) is 9.47 Å². The molecule has 3 aromatic rings. The highest BCUT2D eigenvalue weighted by Crippen LogP contribution is 2.42. The number of carbonyl (C=O) groups is 2. The smallest absolute Gasteiger partial charge is 0.420 e. The van der Waals surface area contributed by atoms with E-state index in [0.29, 0.717) is 48.1 Å². The number of anilines is 1. The van der Waals surface area contributed by atoms with E-state index in [1.165, 1.54) is 4.90 Å². The molecular formula is C32H40N6O5. The van der Waals surface area contributed by atoms with Gasteiger partial charge in [-0.2, -0.15) is 10.4 Å². The Morgan fingerprint density at radius 3 is 2.16 bits per heavy atom. The topological polar surface area (TPSA) is 122 Å². The van der Waals surface area contributed by atoms with Crippen molar-refractivity contribution >= 4 is 23.5 Å². The summed E-state index contributed by atoms with van der Waals surface area (Å²) in [5.41, 5.74) is 1.41. The van der Waals surface area contributed by atoms with Gasteiger partial charge in [-0.25, -0.2) is 24.0 Å². The number of fused-ring (bicyclic) bond motifs is 2. The molecule has 11 nitrogen and oxygen atoms in total. The van der Waals surface area contributed by atoms with Crippen molar-refractivity contribution in [3.63, 3.8) is 0 Å². The second kappa shape index (κ2) is 11.4. The number of hydrogen-bond acceptors (Lipinski definition) is 9. The van der Waals surface area contributed by atoms with E-state index in [9.17, 15) is 14.9 Å². The van der Waals surface area contributed by atoms with Crippen molar-refractivity contribution in [1.82, 2.24) is 19.5 Å². The SMILES string of the molecule is CCOc1cc(-c2ccc(N3C[C@H]4C[C@H](N(C(=O)OC(C)(C)C)C(=O)OC(C)(C)C)C[C@H]4C3)nc2)c2c(C#N)cnn2c1. The largest absolute Gasteiger partial charge is 0.492 e. The highest BCUT2D eigenvalue weighted by atomic mass is 16.6. The van der Waals surface area contributed by atoms with Crippen LogP contribution in [-0.4, -0.2) is 68.6 Å². The summed E-state index contributed by atoms with van der Waals surface area (Å²) in [6, 6.07) is 7.85. The van der Waals surface area contributed by atoms with Gasteiger partial charge >= 0.3 is 12.2 Å². The van der Waals surface area contributed by atoms with E-state index in [1.807, 2.05) is 31.3 Å². The number of pyridine rings is 2. The van der Waals surface area contributed by atoms with Crippen molar-refractivity contribution in [1.29, 1.82) is 5.26 Å². The Hall–Kier alpha value is -4.33. The zero-order valence-electron chi connectivity index (χ0n) is 26.0. The average molecular weight is 589 g/mol. The summed E-state index contributed by atoms with van der Waals surface area (Å²) in [6.07, 6.45) is 5.17. The molecular weight excluding hydrogens is 548 g/mol. The average Bonchev–Trinajstić information content (AvgIpc) is 3.60. The van der Waals surface area contributed by atoms with Crippen LogP contribution in [0.3, 0.4) is 0 Å². The summed E-state index contributed by atoms with van der Waals surface area (Å²) in [6.45, 7) is 14.7. The number of carbonyl (C=O) groups excluding carboxylic acids is 2. The molecule has 3 aromatic heterocycles. The number of aromatic nitrogens is 3. The van der Waals surface area contributed by atoms with Gasteiger partial charge in [0.05, 0.1) is 30.1 Å². The number of imide groups is 1. The second-order valence-corrected chi connectivity index (χ2v) is 13.3. The molecule has 1 aliphatic carbocycles. The molecule has 0 N–H and O–H groups in total. The molecule has 43 heavy (non-hydrogen) atoms. The van der Waals surface area contributed by atoms with Gasteiger partial charge in [0.25, 0.3) is 0 Å². The van der Waals surface area contributed by atoms with Crippen molar-refractivity contribution in [3.05, 3.63) is 42.4 Å². The molecule has 2 amide bonds. The first-order valence-corrected chi connectivity index (χ1v) is 14.8. The van der Waals surface area contributed by atoms with Gasteiger partial charge in [-0.1, -0.05) is 0 Å². The summed E-state index contributed by atoms with van der Waals surface area (Å²) in [5, 5.41) is 14.0. The number of amides is 2. The fourth-order valence-electron chi connectivity index (χ4n) is 6.04. The van der Waals surface area contributed by atoms with Crippen LogP contribution in [0.5, 0.6) is 5.75 Å². The Balaban J connectivity index is 1.31. The van der Waals surface area contributed by atoms with Gasteiger partial charge in [0.2, 0.25) is 0 Å². The summed E-state index contributed by atoms with van der Waals surface area (Å²) in [7, 11) is 0. The van der Waals surface area contributed by atoms with Crippen LogP contribution in [0, 0.1) is 23.2 Å². The molecule has 2 fully saturated rings. The summed E-state index contributed by atoms with van der Waals surface area (Å²) in [4.78, 5) is 34.5. The van der Waals surface area contributed by atoms with E-state index in [4.69, 9.17) is 19.2 Å². The van der Waals surface area contributed by atoms with Crippen molar-refractivity contribution in [2.24, 2.45) is 11.8 Å². The van der Waals surface area contributed by atoms with Crippen molar-refractivity contribution < 1.29 is 23.8 Å². The Bertz CT molecular complexity index is 1500. The molecule has 4 heterocycles. The van der Waals surface area contributed by atoms with Crippen LogP contribution in [0.4, 0.5) is 15.4 Å². The van der Waals surface area contributed by atoms with Crippen LogP contribution in [0.15, 0.2) is 36.8 Å². The Labute approximate surface area is 252 Å². The Morgan fingerprint density at radius 2 is 1.65 bits per heavy atom. The third-order valence-corrected chi connectivity index (χ3v) is 7.67. The van der Waals surface area contributed by atoms with Gasteiger partial charge in [0.1, 0.15) is 28.8 Å². The predicted octanol–water partition coefficient (Wildman–Crippen LogP) is 6.05. The lowest BCUT2D eigenvalue weighted by atomic mass is 10.0. The number of nitriles is 1. The van der Waals surface area contributed by atoms with E-state index in [-0.39, 0.29) is 6.04 Å². The first-order valence-electron chi connectivity index (χ1n) is 14.8. The predicted molar refractivity (Wildman–Crippen MR) is 161 cm³/mol. The monoisotopic (exact) mass is 588 g/mol. The fourth-order valence-corrected chi connectivity index (χ4v) is 6.04. The van der Waals surface area contributed by atoms with Gasteiger partial charge in [0.15, 0.2) is 0 Å². The third kappa shape index (κ3) is 6.53. The van der Waals surface area contributed by atoms with Crippen molar-refractivity contribution in [2.45, 2.75) is 78.6 Å². The van der Waals surface area contributed by atoms with Crippen LogP contribution in [0.25, 0.3) is 16.6 Å². The molecule has 228 valence electrons. The van der Waals surface area contributed by atoms with Crippen LogP contribution < -0.4 is 9.64 Å². The zero-order chi connectivity index (χ0) is 31.1. The number of nitrogens with zero attached hydrogens (tertiary/aromatic N) is 6. The highest BCUT2D eigenvalue weighted by Gasteiger charge is 2.47. The normalized spacial score (nSPS) is 20.0. The molecule has 0 unspecified atom stereocenters. The number of rotatable bonds is 5. The highest BCUT2D eigenvalue weighted by molar-refractivity contribution is 5.89. The van der Waals surface area contributed by atoms with Gasteiger partial charge in [-0.3, -0.25) is 0 Å². The lowest BCUT2D eigenvalue weighted by molar-refractivity contribution is -0.00730. The molecule has 0 bridgehead atoms. The maximum Gasteiger partial charge on any atom is 0.420 e. The lowest BCUT2D eigenvalue weighted by Gasteiger charge is -2.32. The van der Waals surface area contributed by atoms with Crippen LogP contribution >= 0.6 is 0 Å². The van der Waals surface area contributed by atoms with E-state index in [2.05, 4.69) is 16.1 Å². The zero-order valence-corrected chi connectivity index (χ0v) is 26.0. The van der Waals surface area contributed by atoms with E-state index in [1.54, 1.807) is 58.5 Å². The first kappa shape index (κ1) is 30.1. The van der Waals surface area contributed by atoms with E-state index < -0.39 is 23.4 Å². The van der Waals surface area contributed by atoms with Crippen molar-refractivity contribution in [2.75, 3.05) is 24.6 Å². The number of ether oxygens (including phenoxy) is 3. The summed E-state index contributed by atoms with van der Waals surface area (Å²) in [5.74, 6) is 2.12. The molecule has 5 rings (SSSR count). The first-order chi connectivity index (χ1) is 20.3. The molecule has 1 saturated carbocycles. The minimum absolute atomic E-state index is 0.290. The number of hydrogen-bond donors (Lipinski definition) is 0. The standard InChI is InChI=1S/C32H40N6O5/c1-8-41-25-13-26(28-23(14-33)16-35-37(28)19-25)20-9-10-27(34-15-20)36-17-21-11-24(12-22(21)18-36)38(29(39)42-31(2,3)4)30(40)43-32(5,6)7/h9-10,13,15-16,19,21-22,24H,8,11-12,17-18H2,1-7H3/t21-,22+,24+.